The Hall–Kier alpha value is -1.44. The predicted octanol–water partition coefficient (Wildman–Crippen LogP) is 1.79. The van der Waals surface area contributed by atoms with Crippen molar-refractivity contribution in [2.75, 3.05) is 6.54 Å². The monoisotopic (exact) mass is 320 g/mol. The average Bonchev–Trinajstić information content (AvgIpc) is 2.36. The van der Waals surface area contributed by atoms with Crippen LogP contribution in [0.2, 0.25) is 5.15 Å². The highest BCUT2D eigenvalue weighted by atomic mass is 35.5. The average molecular weight is 321 g/mol. The molecule has 0 aromatic carbocycles. The summed E-state index contributed by atoms with van der Waals surface area (Å²) in [5.41, 5.74) is -0.883. The van der Waals surface area contributed by atoms with E-state index < -0.39 is 34.9 Å². The summed E-state index contributed by atoms with van der Waals surface area (Å²) in [7, 11) is 0. The first-order valence-electron chi connectivity index (χ1n) is 6.24. The van der Waals surface area contributed by atoms with Gasteiger partial charge >= 0.3 is 6.09 Å². The summed E-state index contributed by atoms with van der Waals surface area (Å²) in [6.07, 6.45) is -2.52. The lowest BCUT2D eigenvalue weighted by molar-refractivity contribution is 0.0112. The number of pyridine rings is 1. The number of nitrogens with zero attached hydrogens (tertiary/aromatic N) is 1. The van der Waals surface area contributed by atoms with E-state index >= 15 is 0 Å². The predicted molar refractivity (Wildman–Crippen MR) is 74.4 cm³/mol. The minimum atomic E-state index is -1.56. The fourth-order valence-corrected chi connectivity index (χ4v) is 1.65. The molecule has 1 aromatic heterocycles. The Kier molecular flexibility index (Phi) is 5.88. The van der Waals surface area contributed by atoms with Crippen LogP contribution in [-0.4, -0.2) is 39.5 Å². The van der Waals surface area contributed by atoms with Crippen LogP contribution < -0.4 is 5.32 Å². The Morgan fingerprint density at radius 1 is 1.52 bits per heavy atom. The molecular formula is C13H18ClFN2O4. The van der Waals surface area contributed by atoms with Gasteiger partial charge in [-0.1, -0.05) is 11.6 Å². The highest BCUT2D eigenvalue weighted by Gasteiger charge is 2.24. The molecule has 8 heteroatoms. The largest absolute Gasteiger partial charge is 0.444 e. The fraction of sp³-hybridized carbons (Fsp3) is 0.538. The van der Waals surface area contributed by atoms with Gasteiger partial charge in [-0.05, 0) is 26.8 Å². The number of aliphatic hydroxyl groups is 2. The third-order valence-electron chi connectivity index (χ3n) is 2.41. The van der Waals surface area contributed by atoms with Crippen LogP contribution in [0.4, 0.5) is 9.18 Å². The Balaban J connectivity index is 2.61. The van der Waals surface area contributed by atoms with E-state index in [1.165, 1.54) is 12.3 Å². The van der Waals surface area contributed by atoms with E-state index in [-0.39, 0.29) is 12.1 Å². The third kappa shape index (κ3) is 5.45. The van der Waals surface area contributed by atoms with Crippen LogP contribution >= 0.6 is 11.6 Å². The molecule has 0 aliphatic carbocycles. The van der Waals surface area contributed by atoms with E-state index in [0.717, 1.165) is 0 Å². The van der Waals surface area contributed by atoms with Crippen LogP contribution in [0.3, 0.4) is 0 Å². The summed E-state index contributed by atoms with van der Waals surface area (Å²) < 4.78 is 18.6. The zero-order valence-corrected chi connectivity index (χ0v) is 12.7. The third-order valence-corrected chi connectivity index (χ3v) is 2.68. The number of aromatic nitrogens is 1. The molecule has 0 fully saturated rings. The van der Waals surface area contributed by atoms with E-state index in [1.54, 1.807) is 20.8 Å². The van der Waals surface area contributed by atoms with Crippen LogP contribution in [0, 0.1) is 5.82 Å². The summed E-state index contributed by atoms with van der Waals surface area (Å²) in [5.74, 6) is -0.914. The number of halogens is 2. The first-order chi connectivity index (χ1) is 9.61. The van der Waals surface area contributed by atoms with Gasteiger partial charge in [-0.2, -0.15) is 0 Å². The minimum Gasteiger partial charge on any atom is -0.444 e. The standard InChI is InChI=1S/C13H18ClFN2O4/c1-13(2,3)21-12(20)17-6-8(18)10(19)7-4-5-16-11(14)9(7)15/h4-5,8,10,18-19H,6H2,1-3H3,(H,17,20). The van der Waals surface area contributed by atoms with Gasteiger partial charge in [-0.3, -0.25) is 0 Å². The number of nitrogens with one attached hydrogen (secondary N) is 1. The quantitative estimate of drug-likeness (QED) is 0.736. The van der Waals surface area contributed by atoms with E-state index in [4.69, 9.17) is 16.3 Å². The number of ether oxygens (including phenoxy) is 1. The maximum atomic E-state index is 13.7. The van der Waals surface area contributed by atoms with Crippen molar-refractivity contribution in [2.45, 2.75) is 38.6 Å². The summed E-state index contributed by atoms with van der Waals surface area (Å²) in [6, 6.07) is 1.20. The molecule has 0 saturated carbocycles. The highest BCUT2D eigenvalue weighted by molar-refractivity contribution is 6.29. The molecule has 2 unspecified atom stereocenters. The zero-order valence-electron chi connectivity index (χ0n) is 11.9. The second kappa shape index (κ2) is 7.02. The molecule has 0 saturated heterocycles. The summed E-state index contributed by atoms with van der Waals surface area (Å²) >= 11 is 5.49. The number of amides is 1. The van der Waals surface area contributed by atoms with Gasteiger partial charge in [0.2, 0.25) is 0 Å². The van der Waals surface area contributed by atoms with Gasteiger partial charge in [0.1, 0.15) is 17.8 Å². The van der Waals surface area contributed by atoms with Gasteiger partial charge in [-0.15, -0.1) is 0 Å². The lowest BCUT2D eigenvalue weighted by Crippen LogP contribution is -2.39. The van der Waals surface area contributed by atoms with Crippen molar-refractivity contribution in [3.8, 4) is 0 Å². The number of aliphatic hydroxyl groups excluding tert-OH is 2. The number of rotatable bonds is 4. The molecule has 118 valence electrons. The summed E-state index contributed by atoms with van der Waals surface area (Å²) in [6.45, 7) is 4.75. The molecular weight excluding hydrogens is 303 g/mol. The topological polar surface area (TPSA) is 91.7 Å². The first kappa shape index (κ1) is 17.6. The second-order valence-corrected chi connectivity index (χ2v) is 5.76. The smallest absolute Gasteiger partial charge is 0.407 e. The lowest BCUT2D eigenvalue weighted by atomic mass is 10.1. The Labute approximate surface area is 126 Å². The first-order valence-corrected chi connectivity index (χ1v) is 6.62. The van der Waals surface area contributed by atoms with Crippen molar-refractivity contribution >= 4 is 17.7 Å². The molecule has 0 aliphatic rings. The number of hydrogen-bond acceptors (Lipinski definition) is 5. The maximum Gasteiger partial charge on any atom is 0.407 e. The molecule has 1 amide bonds. The van der Waals surface area contributed by atoms with E-state index in [9.17, 15) is 19.4 Å². The number of carbonyl (C=O) groups is 1. The molecule has 0 aliphatic heterocycles. The molecule has 2 atom stereocenters. The molecule has 0 bridgehead atoms. The number of alkyl carbamates (subject to hydrolysis) is 1. The SMILES string of the molecule is CC(C)(C)OC(=O)NCC(O)C(O)c1ccnc(Cl)c1F. The Morgan fingerprint density at radius 2 is 2.14 bits per heavy atom. The van der Waals surface area contributed by atoms with Crippen molar-refractivity contribution in [3.63, 3.8) is 0 Å². The van der Waals surface area contributed by atoms with Gasteiger partial charge in [0.15, 0.2) is 11.0 Å². The maximum absolute atomic E-state index is 13.7. The van der Waals surface area contributed by atoms with Crippen molar-refractivity contribution in [3.05, 3.63) is 28.8 Å². The second-order valence-electron chi connectivity index (χ2n) is 5.40. The van der Waals surface area contributed by atoms with Gasteiger partial charge in [0.25, 0.3) is 0 Å². The molecule has 21 heavy (non-hydrogen) atoms. The van der Waals surface area contributed by atoms with Crippen LogP contribution in [0.25, 0.3) is 0 Å². The van der Waals surface area contributed by atoms with Crippen LogP contribution in [-0.2, 0) is 4.74 Å². The van der Waals surface area contributed by atoms with Gasteiger partial charge in [0, 0.05) is 18.3 Å². The zero-order chi connectivity index (χ0) is 16.2. The van der Waals surface area contributed by atoms with Crippen molar-refractivity contribution in [1.82, 2.24) is 10.3 Å². The molecule has 0 radical (unpaired) electrons. The molecule has 1 heterocycles. The van der Waals surface area contributed by atoms with Crippen molar-refractivity contribution < 1.29 is 24.1 Å². The minimum absolute atomic E-state index is 0.200. The molecule has 6 nitrogen and oxygen atoms in total. The normalized spacial score (nSPS) is 14.4. The van der Waals surface area contributed by atoms with Crippen molar-refractivity contribution in [2.24, 2.45) is 0 Å². The van der Waals surface area contributed by atoms with Gasteiger partial charge in [-0.25, -0.2) is 14.2 Å². The molecule has 1 rings (SSSR count). The molecule has 1 aromatic rings. The Morgan fingerprint density at radius 3 is 2.71 bits per heavy atom. The van der Waals surface area contributed by atoms with Crippen LogP contribution in [0.15, 0.2) is 12.3 Å². The van der Waals surface area contributed by atoms with Crippen LogP contribution in [0.1, 0.15) is 32.4 Å². The van der Waals surface area contributed by atoms with Gasteiger partial charge < -0.3 is 20.3 Å². The lowest BCUT2D eigenvalue weighted by Gasteiger charge is -2.22. The fourth-order valence-electron chi connectivity index (χ4n) is 1.48. The van der Waals surface area contributed by atoms with Crippen molar-refractivity contribution in [1.29, 1.82) is 0 Å². The number of hydrogen-bond donors (Lipinski definition) is 3. The Bertz CT molecular complexity index is 507. The molecule has 0 spiro atoms. The van der Waals surface area contributed by atoms with E-state index in [2.05, 4.69) is 10.3 Å². The summed E-state index contributed by atoms with van der Waals surface area (Å²) in [4.78, 5) is 14.9. The molecule has 3 N–H and O–H groups in total. The summed E-state index contributed by atoms with van der Waals surface area (Å²) in [5, 5.41) is 21.5. The highest BCUT2D eigenvalue weighted by Crippen LogP contribution is 2.23. The van der Waals surface area contributed by atoms with E-state index in [0.29, 0.717) is 0 Å². The number of carbonyl (C=O) groups excluding carboxylic acids is 1. The van der Waals surface area contributed by atoms with Gasteiger partial charge in [0.05, 0.1) is 0 Å². The van der Waals surface area contributed by atoms with E-state index in [1.807, 2.05) is 0 Å². The van der Waals surface area contributed by atoms with Crippen LogP contribution in [0.5, 0.6) is 0 Å².